The number of hydrogen-bond donors (Lipinski definition) is 1. The molecule has 29 heavy (non-hydrogen) atoms. The first-order chi connectivity index (χ1) is 13.7. The molecule has 4 rings (SSSR count). The molecule has 0 saturated heterocycles. The lowest BCUT2D eigenvalue weighted by Gasteiger charge is -2.30. The third-order valence-corrected chi connectivity index (χ3v) is 5.71. The average Bonchev–Trinajstić information content (AvgIpc) is 2.67. The molecule has 1 atom stereocenters. The molecule has 0 saturated carbocycles. The highest BCUT2D eigenvalue weighted by molar-refractivity contribution is 7.97. The van der Waals surface area contributed by atoms with Gasteiger partial charge in [-0.3, -0.25) is 13.9 Å². The number of anilines is 1. The number of fused-ring (bicyclic) bond motifs is 2. The van der Waals surface area contributed by atoms with Gasteiger partial charge in [-0.2, -0.15) is 13.2 Å². The molecule has 0 radical (unpaired) electrons. The smallest absolute Gasteiger partial charge is 0.325 e. The Morgan fingerprint density at radius 2 is 1.72 bits per heavy atom. The number of nitrogens with zero attached hydrogens (tertiary/aromatic N) is 1. The van der Waals surface area contributed by atoms with Crippen molar-refractivity contribution in [3.05, 3.63) is 71.8 Å². The molecule has 4 nitrogen and oxygen atoms in total. The van der Waals surface area contributed by atoms with Crippen LogP contribution in [0.25, 0.3) is 10.8 Å². The fourth-order valence-electron chi connectivity index (χ4n) is 3.29. The summed E-state index contributed by atoms with van der Waals surface area (Å²) in [5, 5.41) is 4.32. The summed E-state index contributed by atoms with van der Waals surface area (Å²) in [4.78, 5) is 26.4. The second-order valence-corrected chi connectivity index (χ2v) is 7.84. The quantitative estimate of drug-likeness (QED) is 0.469. The first kappa shape index (κ1) is 19.3. The van der Waals surface area contributed by atoms with Crippen molar-refractivity contribution in [3.8, 4) is 0 Å². The monoisotopic (exact) mass is 416 g/mol. The normalized spacial score (nSPS) is 16.6. The molecule has 0 spiro atoms. The van der Waals surface area contributed by atoms with Crippen LogP contribution in [0.1, 0.15) is 17.0 Å². The summed E-state index contributed by atoms with van der Waals surface area (Å²) in [6.45, 7) is 0. The molecule has 2 amide bonds. The minimum Gasteiger partial charge on any atom is -0.325 e. The van der Waals surface area contributed by atoms with E-state index in [1.54, 1.807) is 13.1 Å². The summed E-state index contributed by atoms with van der Waals surface area (Å²) in [7, 11) is 1.57. The highest BCUT2D eigenvalue weighted by atomic mass is 32.2. The van der Waals surface area contributed by atoms with Gasteiger partial charge in [0.2, 0.25) is 11.8 Å². The summed E-state index contributed by atoms with van der Waals surface area (Å²) in [6.07, 6.45) is -4.52. The van der Waals surface area contributed by atoms with Crippen LogP contribution in [0.3, 0.4) is 0 Å². The number of hydrogen-bond acceptors (Lipinski definition) is 3. The molecule has 0 aromatic heterocycles. The Bertz CT molecular complexity index is 1130. The average molecular weight is 416 g/mol. The largest absolute Gasteiger partial charge is 0.416 e. The van der Waals surface area contributed by atoms with Crippen molar-refractivity contribution in [2.75, 3.05) is 12.4 Å². The SMILES string of the molecule is CN1Sc2cc3ccccc3cc2C(C(=O)Nc2cccc(C(F)(F)F)c2)C1=O. The van der Waals surface area contributed by atoms with E-state index in [1.165, 1.54) is 28.4 Å². The van der Waals surface area contributed by atoms with Crippen molar-refractivity contribution in [3.63, 3.8) is 0 Å². The Morgan fingerprint density at radius 3 is 2.41 bits per heavy atom. The first-order valence-electron chi connectivity index (χ1n) is 8.70. The lowest BCUT2D eigenvalue weighted by atomic mass is 9.94. The van der Waals surface area contributed by atoms with Crippen molar-refractivity contribution in [2.45, 2.75) is 17.0 Å². The van der Waals surface area contributed by atoms with E-state index in [1.807, 2.05) is 30.3 Å². The number of rotatable bonds is 2. The maximum atomic E-state index is 12.9. The van der Waals surface area contributed by atoms with E-state index < -0.39 is 29.5 Å². The minimum absolute atomic E-state index is 0.0131. The van der Waals surface area contributed by atoms with Crippen LogP contribution in [-0.4, -0.2) is 23.2 Å². The lowest BCUT2D eigenvalue weighted by Crippen LogP contribution is -2.37. The van der Waals surface area contributed by atoms with Gasteiger partial charge in [0.1, 0.15) is 5.92 Å². The Balaban J connectivity index is 1.72. The molecule has 3 aromatic carbocycles. The van der Waals surface area contributed by atoms with Crippen LogP contribution >= 0.6 is 11.9 Å². The number of halogens is 3. The zero-order valence-electron chi connectivity index (χ0n) is 15.2. The van der Waals surface area contributed by atoms with E-state index in [4.69, 9.17) is 0 Å². The van der Waals surface area contributed by atoms with Crippen molar-refractivity contribution < 1.29 is 22.8 Å². The van der Waals surface area contributed by atoms with Gasteiger partial charge < -0.3 is 5.32 Å². The second kappa shape index (κ2) is 7.11. The van der Waals surface area contributed by atoms with Crippen LogP contribution in [0.2, 0.25) is 0 Å². The molecule has 0 bridgehead atoms. The topological polar surface area (TPSA) is 49.4 Å². The summed E-state index contributed by atoms with van der Waals surface area (Å²) >= 11 is 1.22. The second-order valence-electron chi connectivity index (χ2n) is 6.67. The van der Waals surface area contributed by atoms with Crippen molar-refractivity contribution in [1.29, 1.82) is 0 Å². The number of benzene rings is 3. The number of amides is 2. The lowest BCUT2D eigenvalue weighted by molar-refractivity contribution is -0.138. The molecule has 1 aliphatic heterocycles. The molecular weight excluding hydrogens is 401 g/mol. The molecule has 0 fully saturated rings. The Kier molecular flexibility index (Phi) is 4.74. The number of likely N-dealkylation sites (N-methyl/N-ethyl adjacent to an activating group) is 1. The molecule has 1 N–H and O–H groups in total. The summed E-state index contributed by atoms with van der Waals surface area (Å²) in [5.41, 5.74) is -0.341. The maximum Gasteiger partial charge on any atom is 0.416 e. The number of nitrogens with one attached hydrogen (secondary N) is 1. The van der Waals surface area contributed by atoms with E-state index in [2.05, 4.69) is 5.32 Å². The van der Waals surface area contributed by atoms with Crippen molar-refractivity contribution in [2.24, 2.45) is 0 Å². The van der Waals surface area contributed by atoms with E-state index in [9.17, 15) is 22.8 Å². The summed E-state index contributed by atoms with van der Waals surface area (Å²) in [6, 6.07) is 15.6. The summed E-state index contributed by atoms with van der Waals surface area (Å²) in [5.74, 6) is -2.24. The van der Waals surface area contributed by atoms with Gasteiger partial charge in [0.05, 0.1) is 5.56 Å². The first-order valence-corrected chi connectivity index (χ1v) is 9.48. The molecule has 0 aliphatic carbocycles. The predicted molar refractivity (Wildman–Crippen MR) is 105 cm³/mol. The molecule has 3 aromatic rings. The highest BCUT2D eigenvalue weighted by Gasteiger charge is 2.38. The standard InChI is InChI=1S/C21H15F3N2O2S/c1-26-20(28)18(16-9-12-5-2-3-6-13(12)10-17(16)29-26)19(27)25-15-8-4-7-14(11-15)21(22,23)24/h2-11,18H,1H3,(H,25,27). The van der Waals surface area contributed by atoms with E-state index in [-0.39, 0.29) is 5.69 Å². The number of carbonyl (C=O) groups excluding carboxylic acids is 2. The fraction of sp³-hybridized carbons (Fsp3) is 0.143. The fourth-order valence-corrected chi connectivity index (χ4v) is 4.24. The van der Waals surface area contributed by atoms with Gasteiger partial charge in [-0.25, -0.2) is 0 Å². The maximum absolute atomic E-state index is 12.9. The number of alkyl halides is 3. The van der Waals surface area contributed by atoms with E-state index in [0.717, 1.165) is 27.8 Å². The van der Waals surface area contributed by atoms with E-state index in [0.29, 0.717) is 5.56 Å². The van der Waals surface area contributed by atoms with Gasteiger partial charge in [-0.05, 0) is 58.6 Å². The molecule has 148 valence electrons. The molecule has 8 heteroatoms. The zero-order valence-corrected chi connectivity index (χ0v) is 16.0. The Labute approximate surface area is 168 Å². The van der Waals surface area contributed by atoms with Gasteiger partial charge >= 0.3 is 6.18 Å². The Hall–Kier alpha value is -3.00. The molecule has 1 heterocycles. The number of carbonyl (C=O) groups is 2. The molecule has 1 unspecified atom stereocenters. The third-order valence-electron chi connectivity index (χ3n) is 4.70. The minimum atomic E-state index is -4.52. The predicted octanol–water partition coefficient (Wildman–Crippen LogP) is 5.06. The molecular formula is C21H15F3N2O2S. The van der Waals surface area contributed by atoms with Gasteiger partial charge in [0.15, 0.2) is 0 Å². The van der Waals surface area contributed by atoms with Gasteiger partial charge in [0.25, 0.3) is 0 Å². The molecule has 1 aliphatic rings. The van der Waals surface area contributed by atoms with Crippen LogP contribution in [0.5, 0.6) is 0 Å². The van der Waals surface area contributed by atoms with Crippen molar-refractivity contribution >= 4 is 40.2 Å². The van der Waals surface area contributed by atoms with Gasteiger partial charge in [-0.1, -0.05) is 30.3 Å². The van der Waals surface area contributed by atoms with Crippen LogP contribution in [0.4, 0.5) is 18.9 Å². The summed E-state index contributed by atoms with van der Waals surface area (Å²) < 4.78 is 40.2. The highest BCUT2D eigenvalue weighted by Crippen LogP contribution is 2.41. The van der Waals surface area contributed by atoms with E-state index >= 15 is 0 Å². The third kappa shape index (κ3) is 3.67. The van der Waals surface area contributed by atoms with Crippen LogP contribution in [0.15, 0.2) is 65.6 Å². The van der Waals surface area contributed by atoms with Crippen LogP contribution in [0, 0.1) is 0 Å². The van der Waals surface area contributed by atoms with Crippen LogP contribution < -0.4 is 5.32 Å². The van der Waals surface area contributed by atoms with Gasteiger partial charge in [-0.15, -0.1) is 0 Å². The van der Waals surface area contributed by atoms with Crippen molar-refractivity contribution in [1.82, 2.24) is 4.31 Å². The Morgan fingerprint density at radius 1 is 1.03 bits per heavy atom. The van der Waals surface area contributed by atoms with Gasteiger partial charge in [0, 0.05) is 17.6 Å². The zero-order chi connectivity index (χ0) is 20.8. The van der Waals surface area contributed by atoms with Crippen LogP contribution in [-0.2, 0) is 15.8 Å².